The van der Waals surface area contributed by atoms with Crippen LogP contribution < -0.4 is 0 Å². The Labute approximate surface area is 107 Å². The van der Waals surface area contributed by atoms with Gasteiger partial charge in [0.2, 0.25) is 0 Å². The summed E-state index contributed by atoms with van der Waals surface area (Å²) in [6.45, 7) is 4.45. The number of nitrogens with one attached hydrogen (secondary N) is 1. The van der Waals surface area contributed by atoms with Crippen molar-refractivity contribution in [1.82, 2.24) is 9.97 Å². The van der Waals surface area contributed by atoms with Gasteiger partial charge in [0.25, 0.3) is 0 Å². The van der Waals surface area contributed by atoms with E-state index in [2.05, 4.69) is 48.1 Å². The Kier molecular flexibility index (Phi) is 2.63. The van der Waals surface area contributed by atoms with Crippen LogP contribution in [0.25, 0.3) is 22.2 Å². The van der Waals surface area contributed by atoms with Gasteiger partial charge < -0.3 is 4.98 Å². The zero-order valence-electron chi connectivity index (χ0n) is 10.6. The molecule has 0 amide bonds. The predicted octanol–water partition coefficient (Wildman–Crippen LogP) is 4.35. The fourth-order valence-corrected chi connectivity index (χ4v) is 2.49. The SMILES string of the molecule is CC(C)c1c(-c2ccccc2)[nH]c2ccncc12. The third-order valence-corrected chi connectivity index (χ3v) is 3.28. The monoisotopic (exact) mass is 236 g/mol. The smallest absolute Gasteiger partial charge is 0.0500 e. The normalized spacial score (nSPS) is 11.3. The van der Waals surface area contributed by atoms with Crippen molar-refractivity contribution in [3.63, 3.8) is 0 Å². The van der Waals surface area contributed by atoms with Crippen molar-refractivity contribution in [2.75, 3.05) is 0 Å². The average Bonchev–Trinajstić information content (AvgIpc) is 2.79. The second-order valence-electron chi connectivity index (χ2n) is 4.86. The summed E-state index contributed by atoms with van der Waals surface area (Å²) in [6.07, 6.45) is 3.78. The minimum atomic E-state index is 0.471. The number of aromatic nitrogens is 2. The number of hydrogen-bond acceptors (Lipinski definition) is 1. The lowest BCUT2D eigenvalue weighted by atomic mass is 9.97. The summed E-state index contributed by atoms with van der Waals surface area (Å²) >= 11 is 0. The van der Waals surface area contributed by atoms with Gasteiger partial charge in [0.15, 0.2) is 0 Å². The number of benzene rings is 1. The minimum absolute atomic E-state index is 0.471. The molecule has 90 valence electrons. The zero-order valence-corrected chi connectivity index (χ0v) is 10.6. The first-order valence-electron chi connectivity index (χ1n) is 6.28. The summed E-state index contributed by atoms with van der Waals surface area (Å²) in [5.41, 5.74) is 4.96. The van der Waals surface area contributed by atoms with Gasteiger partial charge >= 0.3 is 0 Å². The molecule has 0 radical (unpaired) electrons. The summed E-state index contributed by atoms with van der Waals surface area (Å²) in [6, 6.07) is 12.5. The summed E-state index contributed by atoms with van der Waals surface area (Å²) in [7, 11) is 0. The average molecular weight is 236 g/mol. The number of rotatable bonds is 2. The largest absolute Gasteiger partial charge is 0.354 e. The maximum Gasteiger partial charge on any atom is 0.0500 e. The zero-order chi connectivity index (χ0) is 12.5. The number of H-pyrrole nitrogens is 1. The maximum absolute atomic E-state index is 4.24. The maximum atomic E-state index is 4.24. The third-order valence-electron chi connectivity index (χ3n) is 3.28. The molecule has 2 nitrogen and oxygen atoms in total. The quantitative estimate of drug-likeness (QED) is 0.704. The van der Waals surface area contributed by atoms with Crippen LogP contribution in [0.1, 0.15) is 25.3 Å². The van der Waals surface area contributed by atoms with Crippen molar-refractivity contribution >= 4 is 10.9 Å². The molecule has 18 heavy (non-hydrogen) atoms. The molecule has 2 aromatic heterocycles. The molecule has 0 saturated carbocycles. The fourth-order valence-electron chi connectivity index (χ4n) is 2.49. The molecule has 0 aliphatic heterocycles. The van der Waals surface area contributed by atoms with Crippen LogP contribution in [0.15, 0.2) is 48.8 Å². The van der Waals surface area contributed by atoms with Crippen molar-refractivity contribution in [3.8, 4) is 11.3 Å². The topological polar surface area (TPSA) is 28.7 Å². The van der Waals surface area contributed by atoms with Gasteiger partial charge in [0.1, 0.15) is 0 Å². The second-order valence-corrected chi connectivity index (χ2v) is 4.86. The molecule has 0 unspecified atom stereocenters. The summed E-state index contributed by atoms with van der Waals surface area (Å²) < 4.78 is 0. The molecule has 3 rings (SSSR count). The summed E-state index contributed by atoms with van der Waals surface area (Å²) in [5, 5.41) is 1.23. The Morgan fingerprint density at radius 3 is 2.56 bits per heavy atom. The van der Waals surface area contributed by atoms with Crippen LogP contribution >= 0.6 is 0 Å². The van der Waals surface area contributed by atoms with E-state index in [9.17, 15) is 0 Å². The van der Waals surface area contributed by atoms with E-state index in [-0.39, 0.29) is 0 Å². The molecule has 0 bridgehead atoms. The van der Waals surface area contributed by atoms with Crippen LogP contribution in [-0.2, 0) is 0 Å². The molecule has 0 aliphatic rings. The third kappa shape index (κ3) is 1.70. The van der Waals surface area contributed by atoms with Crippen LogP contribution in [0.2, 0.25) is 0 Å². The first-order valence-corrected chi connectivity index (χ1v) is 6.28. The summed E-state index contributed by atoms with van der Waals surface area (Å²) in [4.78, 5) is 7.76. The Hall–Kier alpha value is -2.09. The highest BCUT2D eigenvalue weighted by Gasteiger charge is 2.15. The van der Waals surface area contributed by atoms with E-state index >= 15 is 0 Å². The van der Waals surface area contributed by atoms with E-state index < -0.39 is 0 Å². The minimum Gasteiger partial charge on any atom is -0.354 e. The van der Waals surface area contributed by atoms with Crippen LogP contribution in [0.4, 0.5) is 0 Å². The van der Waals surface area contributed by atoms with E-state index in [1.54, 1.807) is 0 Å². The predicted molar refractivity (Wildman–Crippen MR) is 75.6 cm³/mol. The molecule has 0 spiro atoms. The van der Waals surface area contributed by atoms with E-state index in [0.29, 0.717) is 5.92 Å². The lowest BCUT2D eigenvalue weighted by Gasteiger charge is -2.08. The van der Waals surface area contributed by atoms with Gasteiger partial charge in [-0.25, -0.2) is 0 Å². The second kappa shape index (κ2) is 4.30. The van der Waals surface area contributed by atoms with Crippen LogP contribution in [0.5, 0.6) is 0 Å². The fraction of sp³-hybridized carbons (Fsp3) is 0.188. The molecule has 3 aromatic rings. The first-order chi connectivity index (χ1) is 8.77. The van der Waals surface area contributed by atoms with Gasteiger partial charge in [0, 0.05) is 23.3 Å². The van der Waals surface area contributed by atoms with E-state index in [1.165, 1.54) is 22.2 Å². The Morgan fingerprint density at radius 2 is 1.83 bits per heavy atom. The number of fused-ring (bicyclic) bond motifs is 1. The molecule has 2 heterocycles. The number of pyridine rings is 1. The van der Waals surface area contributed by atoms with Gasteiger partial charge in [-0.3, -0.25) is 4.98 Å². The molecule has 0 aliphatic carbocycles. The molecular weight excluding hydrogens is 220 g/mol. The van der Waals surface area contributed by atoms with E-state index in [1.807, 2.05) is 24.5 Å². The van der Waals surface area contributed by atoms with Crippen molar-refractivity contribution in [1.29, 1.82) is 0 Å². The first kappa shape index (κ1) is 11.0. The molecular formula is C16H16N2. The Balaban J connectivity index is 2.32. The van der Waals surface area contributed by atoms with Crippen LogP contribution in [-0.4, -0.2) is 9.97 Å². The molecule has 0 atom stereocenters. The number of nitrogens with zero attached hydrogens (tertiary/aromatic N) is 1. The van der Waals surface area contributed by atoms with E-state index in [0.717, 1.165) is 5.52 Å². The van der Waals surface area contributed by atoms with E-state index in [4.69, 9.17) is 0 Å². The highest BCUT2D eigenvalue weighted by atomic mass is 14.7. The van der Waals surface area contributed by atoms with Crippen molar-refractivity contribution in [3.05, 3.63) is 54.4 Å². The number of aromatic amines is 1. The van der Waals surface area contributed by atoms with Crippen molar-refractivity contribution < 1.29 is 0 Å². The number of hydrogen-bond donors (Lipinski definition) is 1. The molecule has 1 aromatic carbocycles. The highest BCUT2D eigenvalue weighted by molar-refractivity contribution is 5.90. The van der Waals surface area contributed by atoms with Crippen molar-refractivity contribution in [2.24, 2.45) is 0 Å². The molecule has 1 N–H and O–H groups in total. The van der Waals surface area contributed by atoms with Crippen LogP contribution in [0.3, 0.4) is 0 Å². The van der Waals surface area contributed by atoms with Crippen molar-refractivity contribution in [2.45, 2.75) is 19.8 Å². The van der Waals surface area contributed by atoms with Gasteiger partial charge in [-0.15, -0.1) is 0 Å². The standard InChI is InChI=1S/C16H16N2/c1-11(2)15-13-10-17-9-8-14(13)18-16(15)12-6-4-3-5-7-12/h3-11,18H,1-2H3. The summed E-state index contributed by atoms with van der Waals surface area (Å²) in [5.74, 6) is 0.471. The van der Waals surface area contributed by atoms with Gasteiger partial charge in [-0.05, 0) is 23.1 Å². The molecule has 2 heteroatoms. The van der Waals surface area contributed by atoms with Gasteiger partial charge in [0.05, 0.1) is 5.69 Å². The van der Waals surface area contributed by atoms with Gasteiger partial charge in [-0.2, -0.15) is 0 Å². The Bertz CT molecular complexity index is 666. The molecule has 0 fully saturated rings. The van der Waals surface area contributed by atoms with Gasteiger partial charge in [-0.1, -0.05) is 44.2 Å². The lowest BCUT2D eigenvalue weighted by molar-refractivity contribution is 0.877. The van der Waals surface area contributed by atoms with Crippen LogP contribution in [0, 0.1) is 0 Å². The highest BCUT2D eigenvalue weighted by Crippen LogP contribution is 2.34. The lowest BCUT2D eigenvalue weighted by Crippen LogP contribution is -1.89. The molecule has 0 saturated heterocycles. The Morgan fingerprint density at radius 1 is 1.06 bits per heavy atom.